The Bertz CT molecular complexity index is 1130. The fourth-order valence-corrected chi connectivity index (χ4v) is 3.04. The van der Waals surface area contributed by atoms with Crippen molar-refractivity contribution in [3.63, 3.8) is 0 Å². The third kappa shape index (κ3) is 3.66. The molecule has 0 aliphatic carbocycles. The molecule has 0 saturated heterocycles. The number of nitrogens with zero attached hydrogens (tertiary/aromatic N) is 4. The van der Waals surface area contributed by atoms with Crippen LogP contribution in [0.15, 0.2) is 48.9 Å². The normalized spacial score (nSPS) is 12.0. The second-order valence-electron chi connectivity index (χ2n) is 5.90. The molecular formula is C18H12ClF3N4O. The van der Waals surface area contributed by atoms with E-state index in [0.29, 0.717) is 22.6 Å². The molecule has 4 rings (SSSR count). The van der Waals surface area contributed by atoms with Gasteiger partial charge in [-0.05, 0) is 23.1 Å². The van der Waals surface area contributed by atoms with Crippen LogP contribution in [0.2, 0.25) is 5.15 Å². The smallest absolute Gasteiger partial charge is 0.422 e. The second-order valence-corrected chi connectivity index (χ2v) is 6.26. The zero-order valence-corrected chi connectivity index (χ0v) is 14.5. The monoisotopic (exact) mass is 392 g/mol. The summed E-state index contributed by atoms with van der Waals surface area (Å²) in [6.07, 6.45) is 0.420. The molecule has 27 heavy (non-hydrogen) atoms. The number of ether oxygens (including phenoxy) is 1. The summed E-state index contributed by atoms with van der Waals surface area (Å²) in [7, 11) is 0. The van der Waals surface area contributed by atoms with Crippen molar-refractivity contribution in [3.05, 3.63) is 59.6 Å². The molecule has 0 saturated carbocycles. The molecule has 0 fully saturated rings. The average Bonchev–Trinajstić information content (AvgIpc) is 3.04. The van der Waals surface area contributed by atoms with Gasteiger partial charge in [-0.3, -0.25) is 4.68 Å². The maximum atomic E-state index is 12.5. The molecule has 0 aliphatic rings. The van der Waals surface area contributed by atoms with E-state index in [-0.39, 0.29) is 5.88 Å². The van der Waals surface area contributed by atoms with Crippen molar-refractivity contribution in [2.24, 2.45) is 0 Å². The number of halogens is 4. The quantitative estimate of drug-likeness (QED) is 0.475. The van der Waals surface area contributed by atoms with Crippen molar-refractivity contribution in [1.82, 2.24) is 19.7 Å². The van der Waals surface area contributed by atoms with Gasteiger partial charge in [0.15, 0.2) is 6.61 Å². The standard InChI is InChI=1S/C18H12ClF3N4O/c19-16-14-9-26(25-15(14)5-6-23-16)8-11-7-24-17(27-10-18(20,21)22)13-4-2-1-3-12(11)13/h1-7,9H,8,10H2. The minimum Gasteiger partial charge on any atom is -0.468 e. The lowest BCUT2D eigenvalue weighted by Gasteiger charge is -2.13. The molecule has 0 amide bonds. The summed E-state index contributed by atoms with van der Waals surface area (Å²) in [4.78, 5) is 8.10. The summed E-state index contributed by atoms with van der Waals surface area (Å²) in [5.74, 6) is -0.0513. The van der Waals surface area contributed by atoms with E-state index < -0.39 is 12.8 Å². The second kappa shape index (κ2) is 6.70. The third-order valence-electron chi connectivity index (χ3n) is 3.98. The first-order valence-electron chi connectivity index (χ1n) is 7.94. The summed E-state index contributed by atoms with van der Waals surface area (Å²) >= 11 is 6.08. The molecule has 0 unspecified atom stereocenters. The van der Waals surface area contributed by atoms with Gasteiger partial charge in [0.25, 0.3) is 0 Å². The summed E-state index contributed by atoms with van der Waals surface area (Å²) < 4.78 is 43.9. The molecule has 9 heteroatoms. The van der Waals surface area contributed by atoms with Crippen LogP contribution in [0.4, 0.5) is 13.2 Å². The van der Waals surface area contributed by atoms with Crippen molar-refractivity contribution in [2.45, 2.75) is 12.7 Å². The van der Waals surface area contributed by atoms with E-state index in [9.17, 15) is 13.2 Å². The highest BCUT2D eigenvalue weighted by Crippen LogP contribution is 2.28. The highest BCUT2D eigenvalue weighted by molar-refractivity contribution is 6.34. The molecule has 0 spiro atoms. The third-order valence-corrected chi connectivity index (χ3v) is 4.28. The molecule has 5 nitrogen and oxygen atoms in total. The van der Waals surface area contributed by atoms with Crippen LogP contribution in [-0.4, -0.2) is 32.5 Å². The largest absolute Gasteiger partial charge is 0.468 e. The SMILES string of the molecule is FC(F)(F)COc1ncc(Cn2cc3c(Cl)nccc3n2)c2ccccc12. The van der Waals surface area contributed by atoms with Gasteiger partial charge in [0.05, 0.1) is 17.4 Å². The first-order valence-corrected chi connectivity index (χ1v) is 8.32. The van der Waals surface area contributed by atoms with Gasteiger partial charge < -0.3 is 4.74 Å². The zero-order chi connectivity index (χ0) is 19.0. The van der Waals surface area contributed by atoms with Gasteiger partial charge >= 0.3 is 6.18 Å². The molecule has 1 aromatic carbocycles. The van der Waals surface area contributed by atoms with Gasteiger partial charge in [-0.2, -0.15) is 18.3 Å². The average molecular weight is 393 g/mol. The molecule has 3 aromatic heterocycles. The lowest BCUT2D eigenvalue weighted by Crippen LogP contribution is -2.19. The van der Waals surface area contributed by atoms with E-state index in [2.05, 4.69) is 15.1 Å². The molecule has 0 aliphatic heterocycles. The first kappa shape index (κ1) is 17.5. The number of fused-ring (bicyclic) bond motifs is 2. The lowest BCUT2D eigenvalue weighted by molar-refractivity contribution is -0.153. The van der Waals surface area contributed by atoms with Crippen LogP contribution in [0.3, 0.4) is 0 Å². The molecular weight excluding hydrogens is 381 g/mol. The van der Waals surface area contributed by atoms with Gasteiger partial charge in [0, 0.05) is 24.0 Å². The van der Waals surface area contributed by atoms with E-state index in [0.717, 1.165) is 16.3 Å². The van der Waals surface area contributed by atoms with Crippen molar-refractivity contribution in [1.29, 1.82) is 0 Å². The van der Waals surface area contributed by atoms with Crippen LogP contribution in [0.5, 0.6) is 5.88 Å². The highest BCUT2D eigenvalue weighted by atomic mass is 35.5. The van der Waals surface area contributed by atoms with Crippen LogP contribution < -0.4 is 4.74 Å². The van der Waals surface area contributed by atoms with Gasteiger partial charge in [0.2, 0.25) is 5.88 Å². The molecule has 0 bridgehead atoms. The van der Waals surface area contributed by atoms with Crippen LogP contribution in [0.25, 0.3) is 21.7 Å². The fraction of sp³-hybridized carbons (Fsp3) is 0.167. The Morgan fingerprint density at radius 3 is 2.56 bits per heavy atom. The van der Waals surface area contributed by atoms with Crippen LogP contribution in [-0.2, 0) is 6.54 Å². The molecule has 3 heterocycles. The van der Waals surface area contributed by atoms with Crippen molar-refractivity contribution >= 4 is 33.3 Å². The van der Waals surface area contributed by atoms with E-state index in [1.54, 1.807) is 41.3 Å². The number of benzene rings is 1. The van der Waals surface area contributed by atoms with E-state index in [1.165, 1.54) is 6.20 Å². The minimum atomic E-state index is -4.43. The lowest BCUT2D eigenvalue weighted by atomic mass is 10.1. The molecule has 0 radical (unpaired) electrons. The van der Waals surface area contributed by atoms with Crippen molar-refractivity contribution < 1.29 is 17.9 Å². The molecule has 0 atom stereocenters. The van der Waals surface area contributed by atoms with E-state index >= 15 is 0 Å². The number of hydrogen-bond acceptors (Lipinski definition) is 4. The van der Waals surface area contributed by atoms with Crippen LogP contribution >= 0.6 is 11.6 Å². The topological polar surface area (TPSA) is 52.8 Å². The number of hydrogen-bond donors (Lipinski definition) is 0. The highest BCUT2D eigenvalue weighted by Gasteiger charge is 2.29. The Hall–Kier alpha value is -2.87. The van der Waals surface area contributed by atoms with Crippen molar-refractivity contribution in [3.8, 4) is 5.88 Å². The molecule has 138 valence electrons. The number of pyridine rings is 2. The number of aromatic nitrogens is 4. The molecule has 0 N–H and O–H groups in total. The maximum absolute atomic E-state index is 12.5. The van der Waals surface area contributed by atoms with E-state index in [4.69, 9.17) is 16.3 Å². The van der Waals surface area contributed by atoms with Gasteiger partial charge in [-0.25, -0.2) is 9.97 Å². The first-order chi connectivity index (χ1) is 12.9. The Balaban J connectivity index is 1.70. The number of rotatable bonds is 4. The minimum absolute atomic E-state index is 0.0513. The van der Waals surface area contributed by atoms with Crippen molar-refractivity contribution in [2.75, 3.05) is 6.61 Å². The Labute approximate surface area is 156 Å². The maximum Gasteiger partial charge on any atom is 0.422 e. The Kier molecular flexibility index (Phi) is 4.35. The predicted molar refractivity (Wildman–Crippen MR) is 94.9 cm³/mol. The van der Waals surface area contributed by atoms with Gasteiger partial charge in [-0.15, -0.1) is 0 Å². The number of alkyl halides is 3. The fourth-order valence-electron chi connectivity index (χ4n) is 2.83. The summed E-state index contributed by atoms with van der Waals surface area (Å²) in [5, 5.41) is 6.79. The summed E-state index contributed by atoms with van der Waals surface area (Å²) in [5.41, 5.74) is 1.50. The Morgan fingerprint density at radius 2 is 1.81 bits per heavy atom. The Morgan fingerprint density at radius 1 is 1.04 bits per heavy atom. The summed E-state index contributed by atoms with van der Waals surface area (Å²) in [6.45, 7) is -1.02. The van der Waals surface area contributed by atoms with Gasteiger partial charge in [0.1, 0.15) is 5.15 Å². The van der Waals surface area contributed by atoms with E-state index in [1.807, 2.05) is 6.07 Å². The van der Waals surface area contributed by atoms with Crippen LogP contribution in [0.1, 0.15) is 5.56 Å². The van der Waals surface area contributed by atoms with Gasteiger partial charge in [-0.1, -0.05) is 29.8 Å². The van der Waals surface area contributed by atoms with Crippen LogP contribution in [0, 0.1) is 0 Å². The molecule has 4 aromatic rings. The zero-order valence-electron chi connectivity index (χ0n) is 13.7. The predicted octanol–water partition coefficient (Wildman–Crippen LogP) is 4.62. The summed E-state index contributed by atoms with van der Waals surface area (Å²) in [6, 6.07) is 8.77.